The van der Waals surface area contributed by atoms with Gasteiger partial charge in [0.05, 0.1) is 19.6 Å². The van der Waals surface area contributed by atoms with Gasteiger partial charge in [0.1, 0.15) is 5.52 Å². The number of carbonyl (C=O) groups excluding carboxylic acids is 1. The summed E-state index contributed by atoms with van der Waals surface area (Å²) in [6.45, 7) is 0.432. The minimum absolute atomic E-state index is 0.355. The third kappa shape index (κ3) is 4.32. The zero-order valence-corrected chi connectivity index (χ0v) is 14.9. The molecule has 0 fully saturated rings. The van der Waals surface area contributed by atoms with Gasteiger partial charge in [0.2, 0.25) is 0 Å². The van der Waals surface area contributed by atoms with Crippen molar-refractivity contribution < 1.29 is 14.3 Å². The van der Waals surface area contributed by atoms with Crippen LogP contribution in [-0.2, 0) is 6.42 Å². The molecule has 140 valence electrons. The molecule has 2 aromatic carbocycles. The number of nitrogens with one attached hydrogen (secondary N) is 3. The first-order chi connectivity index (χ1) is 13.1. The van der Waals surface area contributed by atoms with Crippen molar-refractivity contribution in [3.63, 3.8) is 0 Å². The molecule has 1 aromatic heterocycles. The molecule has 0 spiro atoms. The summed E-state index contributed by atoms with van der Waals surface area (Å²) >= 11 is 0. The lowest BCUT2D eigenvalue weighted by Gasteiger charge is -2.11. The van der Waals surface area contributed by atoms with Crippen LogP contribution >= 0.6 is 0 Å². The lowest BCUT2D eigenvalue weighted by Crippen LogP contribution is -2.30. The Labute approximate surface area is 154 Å². The van der Waals surface area contributed by atoms with Crippen molar-refractivity contribution in [3.8, 4) is 11.5 Å². The molecule has 9 nitrogen and oxygen atoms in total. The first kappa shape index (κ1) is 18.2. The van der Waals surface area contributed by atoms with E-state index in [9.17, 15) is 9.59 Å². The topological polar surface area (TPSA) is 118 Å². The Morgan fingerprint density at radius 1 is 1.11 bits per heavy atom. The maximum Gasteiger partial charge on any atom is 0.319 e. The smallest absolute Gasteiger partial charge is 0.319 e. The number of ether oxygens (including phenoxy) is 2. The van der Waals surface area contributed by atoms with E-state index in [1.54, 1.807) is 32.4 Å². The molecule has 0 atom stereocenters. The van der Waals surface area contributed by atoms with Crippen molar-refractivity contribution in [1.82, 2.24) is 20.7 Å². The van der Waals surface area contributed by atoms with Gasteiger partial charge in [-0.05, 0) is 42.3 Å². The lowest BCUT2D eigenvalue weighted by atomic mass is 10.1. The molecule has 1 heterocycles. The van der Waals surface area contributed by atoms with Crippen LogP contribution < -0.4 is 25.7 Å². The van der Waals surface area contributed by atoms with Gasteiger partial charge in [0.15, 0.2) is 11.5 Å². The van der Waals surface area contributed by atoms with Crippen molar-refractivity contribution in [3.05, 3.63) is 52.3 Å². The third-order valence-corrected chi connectivity index (χ3v) is 3.96. The van der Waals surface area contributed by atoms with Crippen LogP contribution in [0.15, 0.2) is 41.2 Å². The Hall–Kier alpha value is -3.62. The molecule has 3 N–H and O–H groups in total. The van der Waals surface area contributed by atoms with E-state index >= 15 is 0 Å². The maximum absolute atomic E-state index is 12.1. The van der Waals surface area contributed by atoms with Crippen LogP contribution in [0.25, 0.3) is 10.9 Å². The standard InChI is InChI=1S/C18H19N5O4/c1-26-15-6-3-11(9-16(15)27-2)7-8-19-18(25)20-12-4-5-14-13(10-12)17(24)22-23-21-14/h3-6,9-10H,7-8H2,1-2H3,(H2,19,20,25)(H,21,22,24). The van der Waals surface area contributed by atoms with E-state index in [1.165, 1.54) is 0 Å². The molecule has 0 aliphatic carbocycles. The summed E-state index contributed by atoms with van der Waals surface area (Å²) in [6, 6.07) is 10.1. The van der Waals surface area contributed by atoms with Gasteiger partial charge in [-0.2, -0.15) is 0 Å². The van der Waals surface area contributed by atoms with Gasteiger partial charge < -0.3 is 20.1 Å². The predicted molar refractivity (Wildman–Crippen MR) is 100 cm³/mol. The SMILES string of the molecule is COc1ccc(CCNC(=O)Nc2ccc3nn[nH]c(=O)c3c2)cc1OC. The lowest BCUT2D eigenvalue weighted by molar-refractivity contribution is 0.252. The molecule has 0 unspecified atom stereocenters. The van der Waals surface area contributed by atoms with Gasteiger partial charge in [-0.3, -0.25) is 4.79 Å². The maximum atomic E-state index is 12.1. The average molecular weight is 369 g/mol. The number of urea groups is 1. The van der Waals surface area contributed by atoms with E-state index in [0.717, 1.165) is 5.56 Å². The minimum atomic E-state index is -0.367. The van der Waals surface area contributed by atoms with E-state index in [-0.39, 0.29) is 11.6 Å². The number of carbonyl (C=O) groups is 1. The Bertz CT molecular complexity index is 1020. The number of methoxy groups -OCH3 is 2. The molecule has 0 saturated heterocycles. The van der Waals surface area contributed by atoms with Crippen molar-refractivity contribution in [2.24, 2.45) is 0 Å². The number of hydrogen-bond donors (Lipinski definition) is 3. The minimum Gasteiger partial charge on any atom is -0.493 e. The van der Waals surface area contributed by atoms with Crippen LogP contribution in [0.4, 0.5) is 10.5 Å². The van der Waals surface area contributed by atoms with E-state index in [2.05, 4.69) is 26.0 Å². The number of aromatic nitrogens is 3. The normalized spacial score (nSPS) is 10.4. The monoisotopic (exact) mass is 369 g/mol. The average Bonchev–Trinajstić information content (AvgIpc) is 2.68. The fourth-order valence-electron chi connectivity index (χ4n) is 2.60. The summed E-state index contributed by atoms with van der Waals surface area (Å²) in [5.41, 5.74) is 1.59. The molecule has 9 heteroatoms. The van der Waals surface area contributed by atoms with Crippen molar-refractivity contribution in [2.45, 2.75) is 6.42 Å². The molecule has 0 bridgehead atoms. The van der Waals surface area contributed by atoms with Gasteiger partial charge in [-0.25, -0.2) is 9.89 Å². The van der Waals surface area contributed by atoms with E-state index in [0.29, 0.717) is 41.1 Å². The van der Waals surface area contributed by atoms with E-state index in [1.807, 2.05) is 18.2 Å². The third-order valence-electron chi connectivity index (χ3n) is 3.96. The van der Waals surface area contributed by atoms with E-state index < -0.39 is 0 Å². The Morgan fingerprint density at radius 3 is 2.70 bits per heavy atom. The summed E-state index contributed by atoms with van der Waals surface area (Å²) in [5, 5.41) is 15.4. The highest BCUT2D eigenvalue weighted by atomic mass is 16.5. The Morgan fingerprint density at radius 2 is 1.93 bits per heavy atom. The van der Waals surface area contributed by atoms with Crippen molar-refractivity contribution >= 4 is 22.6 Å². The number of anilines is 1. The molecule has 0 radical (unpaired) electrons. The zero-order chi connectivity index (χ0) is 19.2. The zero-order valence-electron chi connectivity index (χ0n) is 14.9. The van der Waals surface area contributed by atoms with Gasteiger partial charge in [-0.15, -0.1) is 5.10 Å². The van der Waals surface area contributed by atoms with Crippen LogP contribution in [0, 0.1) is 0 Å². The van der Waals surface area contributed by atoms with Crippen LogP contribution in [-0.4, -0.2) is 42.2 Å². The van der Waals surface area contributed by atoms with Crippen molar-refractivity contribution in [2.75, 3.05) is 26.1 Å². The largest absolute Gasteiger partial charge is 0.493 e. The van der Waals surface area contributed by atoms with Crippen LogP contribution in [0.1, 0.15) is 5.56 Å². The molecular formula is C18H19N5O4. The molecule has 0 aliphatic heterocycles. The highest BCUT2D eigenvalue weighted by molar-refractivity contribution is 5.92. The second-order valence-corrected chi connectivity index (χ2v) is 5.69. The fourth-order valence-corrected chi connectivity index (χ4v) is 2.60. The van der Waals surface area contributed by atoms with Gasteiger partial charge in [0, 0.05) is 12.2 Å². The van der Waals surface area contributed by atoms with Crippen LogP contribution in [0.5, 0.6) is 11.5 Å². The molecule has 27 heavy (non-hydrogen) atoms. The molecule has 0 saturated carbocycles. The number of fused-ring (bicyclic) bond motifs is 1. The van der Waals surface area contributed by atoms with Gasteiger partial charge in [0.25, 0.3) is 5.56 Å². The van der Waals surface area contributed by atoms with Gasteiger partial charge in [-0.1, -0.05) is 11.3 Å². The summed E-state index contributed by atoms with van der Waals surface area (Å²) in [7, 11) is 3.16. The van der Waals surface area contributed by atoms with Crippen LogP contribution in [0.3, 0.4) is 0 Å². The highest BCUT2D eigenvalue weighted by Crippen LogP contribution is 2.27. The summed E-state index contributed by atoms with van der Waals surface area (Å²) in [6.07, 6.45) is 0.626. The summed E-state index contributed by atoms with van der Waals surface area (Å²) in [5.74, 6) is 1.30. The van der Waals surface area contributed by atoms with E-state index in [4.69, 9.17) is 9.47 Å². The molecular weight excluding hydrogens is 350 g/mol. The quantitative estimate of drug-likeness (QED) is 0.609. The number of amides is 2. The molecule has 3 aromatic rings. The Kier molecular flexibility index (Phi) is 5.50. The van der Waals surface area contributed by atoms with Gasteiger partial charge >= 0.3 is 6.03 Å². The number of aromatic amines is 1. The molecule has 0 aliphatic rings. The number of nitrogens with zero attached hydrogens (tertiary/aromatic N) is 2. The van der Waals surface area contributed by atoms with Crippen molar-refractivity contribution in [1.29, 1.82) is 0 Å². The second kappa shape index (κ2) is 8.17. The number of H-pyrrole nitrogens is 1. The Balaban J connectivity index is 1.57. The number of hydrogen-bond acceptors (Lipinski definition) is 6. The first-order valence-electron chi connectivity index (χ1n) is 8.21. The fraction of sp³-hybridized carbons (Fsp3) is 0.222. The first-order valence-corrected chi connectivity index (χ1v) is 8.21. The summed E-state index contributed by atoms with van der Waals surface area (Å²) < 4.78 is 10.5. The molecule has 3 rings (SSSR count). The highest BCUT2D eigenvalue weighted by Gasteiger charge is 2.07. The second-order valence-electron chi connectivity index (χ2n) is 5.69. The van der Waals surface area contributed by atoms with Crippen LogP contribution in [0.2, 0.25) is 0 Å². The predicted octanol–water partition coefficient (Wildman–Crippen LogP) is 1.70. The number of benzene rings is 2. The number of rotatable bonds is 6. The summed E-state index contributed by atoms with van der Waals surface area (Å²) in [4.78, 5) is 23.8. The molecule has 2 amide bonds.